The number of hydrogen-bond acceptors (Lipinski definition) is 11. The molecule has 0 bridgehead atoms. The van der Waals surface area contributed by atoms with Crippen molar-refractivity contribution in [1.29, 1.82) is 0 Å². The van der Waals surface area contributed by atoms with Crippen molar-refractivity contribution in [3.63, 3.8) is 0 Å². The minimum atomic E-state index is -1.82. The number of aliphatic hydroxyl groups excluding tert-OH is 8. The minimum Gasteiger partial charge on any atom is -0.394 e. The number of unbranched alkanes of at least 4 members (excludes halogenated alkanes) is 9. The van der Waals surface area contributed by atoms with Crippen LogP contribution < -0.4 is 0 Å². The first-order chi connectivity index (χ1) is 19.1. The first-order valence-electron chi connectivity index (χ1n) is 15.0. The van der Waals surface area contributed by atoms with Gasteiger partial charge in [0.25, 0.3) is 0 Å². The van der Waals surface area contributed by atoms with E-state index in [1.165, 1.54) is 4.90 Å². The van der Waals surface area contributed by atoms with E-state index in [0.29, 0.717) is 13.0 Å². The van der Waals surface area contributed by atoms with Crippen molar-refractivity contribution in [3.05, 3.63) is 0 Å². The Morgan fingerprint density at radius 3 is 1.95 bits per heavy atom. The maximum atomic E-state index is 13.0. The van der Waals surface area contributed by atoms with Crippen LogP contribution in [0.15, 0.2) is 0 Å². The maximum Gasteiger partial charge on any atom is 0.222 e. The van der Waals surface area contributed by atoms with Crippen LogP contribution in [0.3, 0.4) is 0 Å². The van der Waals surface area contributed by atoms with E-state index in [2.05, 4.69) is 13.8 Å². The highest BCUT2D eigenvalue weighted by molar-refractivity contribution is 5.76. The van der Waals surface area contributed by atoms with E-state index < -0.39 is 68.3 Å². The Bertz CT molecular complexity index is 656. The normalized spacial score (nSPS) is 26.3. The summed E-state index contributed by atoms with van der Waals surface area (Å²) in [5, 5.41) is 81.4. The van der Waals surface area contributed by atoms with Crippen molar-refractivity contribution in [3.8, 4) is 0 Å². The van der Waals surface area contributed by atoms with Gasteiger partial charge in [-0.15, -0.1) is 0 Å². The monoisotopic (exact) mass is 581 g/mol. The van der Waals surface area contributed by atoms with Crippen molar-refractivity contribution < 1.29 is 55.1 Å². The molecule has 0 unspecified atom stereocenters. The highest BCUT2D eigenvalue weighted by atomic mass is 16.7. The molecule has 0 aromatic rings. The summed E-state index contributed by atoms with van der Waals surface area (Å²) in [7, 11) is 0. The standard InChI is InChI=1S/C28H55NO11/c1-3-5-7-9-11-13-15-29(22(34)14-12-10-8-6-4-2)16-19(32)23(35)27(20(33)17-30)40-28-26(38)25(37)24(36)21(18-31)39-28/h19-21,23-28,30-33,35-38H,3-18H2,1-2H3/t19-,20+,21+,23+,24-,25-,26+,27+,28-/m0/s1. The molecule has 1 aliphatic heterocycles. The molecule has 0 aliphatic carbocycles. The summed E-state index contributed by atoms with van der Waals surface area (Å²) in [4.78, 5) is 14.5. The summed E-state index contributed by atoms with van der Waals surface area (Å²) >= 11 is 0. The Kier molecular flexibility index (Phi) is 19.4. The Balaban J connectivity index is 2.90. The summed E-state index contributed by atoms with van der Waals surface area (Å²) in [5.41, 5.74) is 0. The van der Waals surface area contributed by atoms with E-state index in [1.54, 1.807) is 0 Å². The molecule has 1 aliphatic rings. The van der Waals surface area contributed by atoms with Crippen LogP contribution in [0.2, 0.25) is 0 Å². The van der Waals surface area contributed by atoms with Crippen molar-refractivity contribution in [2.75, 3.05) is 26.3 Å². The first-order valence-corrected chi connectivity index (χ1v) is 15.0. The molecule has 0 radical (unpaired) electrons. The number of rotatable bonds is 22. The van der Waals surface area contributed by atoms with Gasteiger partial charge in [0.2, 0.25) is 5.91 Å². The van der Waals surface area contributed by atoms with Crippen LogP contribution in [0.25, 0.3) is 0 Å². The smallest absolute Gasteiger partial charge is 0.222 e. The molecule has 1 heterocycles. The van der Waals surface area contributed by atoms with Gasteiger partial charge in [0.1, 0.15) is 48.8 Å². The van der Waals surface area contributed by atoms with Crippen molar-refractivity contribution >= 4 is 5.91 Å². The molecule has 0 aromatic heterocycles. The van der Waals surface area contributed by atoms with Crippen LogP contribution in [0.4, 0.5) is 0 Å². The molecule has 40 heavy (non-hydrogen) atoms. The molecule has 1 amide bonds. The molecule has 12 heteroatoms. The Hall–Kier alpha value is -0.930. The molecule has 0 saturated carbocycles. The van der Waals surface area contributed by atoms with Gasteiger partial charge in [0, 0.05) is 19.5 Å². The number of amides is 1. The van der Waals surface area contributed by atoms with Gasteiger partial charge in [-0.2, -0.15) is 0 Å². The number of hydrogen-bond donors (Lipinski definition) is 8. The van der Waals surface area contributed by atoms with Gasteiger partial charge in [0.05, 0.1) is 13.2 Å². The van der Waals surface area contributed by atoms with Crippen LogP contribution in [-0.2, 0) is 14.3 Å². The highest BCUT2D eigenvalue weighted by Gasteiger charge is 2.47. The largest absolute Gasteiger partial charge is 0.394 e. The summed E-state index contributed by atoms with van der Waals surface area (Å²) in [6.45, 7) is 2.82. The van der Waals surface area contributed by atoms with Gasteiger partial charge in [-0.1, -0.05) is 71.6 Å². The Morgan fingerprint density at radius 2 is 1.38 bits per heavy atom. The fourth-order valence-corrected chi connectivity index (χ4v) is 4.83. The third-order valence-corrected chi connectivity index (χ3v) is 7.47. The van der Waals surface area contributed by atoms with Gasteiger partial charge in [-0.05, 0) is 12.8 Å². The predicted octanol–water partition coefficient (Wildman–Crippen LogP) is -0.204. The van der Waals surface area contributed by atoms with E-state index in [-0.39, 0.29) is 12.5 Å². The minimum absolute atomic E-state index is 0.148. The molecule has 8 N–H and O–H groups in total. The second-order valence-electron chi connectivity index (χ2n) is 10.9. The van der Waals surface area contributed by atoms with Gasteiger partial charge >= 0.3 is 0 Å². The van der Waals surface area contributed by atoms with Crippen LogP contribution >= 0.6 is 0 Å². The van der Waals surface area contributed by atoms with Crippen molar-refractivity contribution in [2.45, 2.75) is 146 Å². The van der Waals surface area contributed by atoms with Gasteiger partial charge in [-0.25, -0.2) is 0 Å². The quantitative estimate of drug-likeness (QED) is 0.0787. The number of aliphatic hydroxyl groups is 8. The highest BCUT2D eigenvalue weighted by Crippen LogP contribution is 2.25. The third kappa shape index (κ3) is 12.5. The zero-order chi connectivity index (χ0) is 30.1. The van der Waals surface area contributed by atoms with Crippen LogP contribution in [0.5, 0.6) is 0 Å². The summed E-state index contributed by atoms with van der Waals surface area (Å²) in [5.74, 6) is -0.148. The first kappa shape index (κ1) is 37.1. The lowest BCUT2D eigenvalue weighted by molar-refractivity contribution is -0.327. The van der Waals surface area contributed by atoms with Gasteiger partial charge < -0.3 is 55.2 Å². The molecule has 1 fully saturated rings. The second kappa shape index (κ2) is 20.9. The third-order valence-electron chi connectivity index (χ3n) is 7.47. The molecule has 9 atom stereocenters. The molecule has 1 rings (SSSR count). The Morgan fingerprint density at radius 1 is 0.800 bits per heavy atom. The molecule has 12 nitrogen and oxygen atoms in total. The Labute approximate surface area is 238 Å². The summed E-state index contributed by atoms with van der Waals surface area (Å²) < 4.78 is 10.8. The van der Waals surface area contributed by atoms with E-state index in [1.807, 2.05) is 0 Å². The summed E-state index contributed by atoms with van der Waals surface area (Å²) in [6.07, 6.45) is -3.76. The zero-order valence-electron chi connectivity index (χ0n) is 24.3. The fraction of sp³-hybridized carbons (Fsp3) is 0.964. The molecule has 1 saturated heterocycles. The van der Waals surface area contributed by atoms with Gasteiger partial charge in [0.15, 0.2) is 6.29 Å². The zero-order valence-corrected chi connectivity index (χ0v) is 24.3. The van der Waals surface area contributed by atoms with Gasteiger partial charge in [-0.3, -0.25) is 4.79 Å². The number of ether oxygens (including phenoxy) is 2. The van der Waals surface area contributed by atoms with Crippen molar-refractivity contribution in [1.82, 2.24) is 4.90 Å². The van der Waals surface area contributed by atoms with Crippen molar-refractivity contribution in [2.24, 2.45) is 0 Å². The molecular weight excluding hydrogens is 526 g/mol. The number of carbonyl (C=O) groups is 1. The second-order valence-corrected chi connectivity index (χ2v) is 10.9. The fourth-order valence-electron chi connectivity index (χ4n) is 4.83. The summed E-state index contributed by atoms with van der Waals surface area (Å²) in [6, 6.07) is 0. The van der Waals surface area contributed by atoms with Crippen LogP contribution in [0, 0.1) is 0 Å². The van der Waals surface area contributed by atoms with Crippen LogP contribution in [0.1, 0.15) is 90.9 Å². The van der Waals surface area contributed by atoms with E-state index in [4.69, 9.17) is 9.47 Å². The average molecular weight is 582 g/mol. The molecule has 0 aromatic carbocycles. The van der Waals surface area contributed by atoms with E-state index in [0.717, 1.165) is 70.6 Å². The lowest BCUT2D eigenvalue weighted by Crippen LogP contribution is -2.61. The topological polar surface area (TPSA) is 201 Å². The molecule has 0 spiro atoms. The van der Waals surface area contributed by atoms with E-state index >= 15 is 0 Å². The maximum absolute atomic E-state index is 13.0. The van der Waals surface area contributed by atoms with Crippen LogP contribution in [-0.4, -0.2) is 133 Å². The SMILES string of the molecule is CCCCCCCCN(C[C@H](O)[C@@H](O)[C@H](O[C@@H]1O[C@H](CO)[C@H](O)[C@H](O)[C@H]1O)[C@H](O)CO)C(=O)CCCCCCC. The molecule has 238 valence electrons. The lowest BCUT2D eigenvalue weighted by Gasteiger charge is -2.42. The number of carbonyl (C=O) groups excluding carboxylic acids is 1. The average Bonchev–Trinajstić information content (AvgIpc) is 2.95. The lowest BCUT2D eigenvalue weighted by atomic mass is 9.98. The molecular formula is C28H55NO11. The van der Waals surface area contributed by atoms with E-state index in [9.17, 15) is 45.6 Å². The number of nitrogens with zero attached hydrogens (tertiary/aromatic N) is 1. The predicted molar refractivity (Wildman–Crippen MR) is 147 cm³/mol.